The van der Waals surface area contributed by atoms with Crippen molar-refractivity contribution in [3.63, 3.8) is 0 Å². The normalized spacial score (nSPS) is 12.8. The molecule has 0 saturated heterocycles. The van der Waals surface area contributed by atoms with Gasteiger partial charge in [0, 0.05) is 12.8 Å². The van der Waals surface area contributed by atoms with Gasteiger partial charge in [-0.25, -0.2) is 0 Å². The maximum atomic E-state index is 12.4. The molecule has 0 bridgehead atoms. The number of rotatable bonds is 63. The van der Waals surface area contributed by atoms with Crippen LogP contribution in [0.5, 0.6) is 0 Å². The summed E-state index contributed by atoms with van der Waals surface area (Å²) in [5.74, 6) is -0.0610. The number of hydrogen-bond acceptors (Lipinski definition) is 5. The predicted octanol–water partition coefficient (Wildman–Crippen LogP) is 21.7. The Morgan fingerprint density at radius 3 is 1.01 bits per heavy atom. The van der Waals surface area contributed by atoms with Crippen LogP contribution in [0.25, 0.3) is 0 Å². The number of nitrogens with one attached hydrogen (secondary N) is 1. The third-order valence-corrected chi connectivity index (χ3v) is 15.6. The summed E-state index contributed by atoms with van der Waals surface area (Å²) < 4.78 is 5.49. The highest BCUT2D eigenvalue weighted by Gasteiger charge is 2.18. The second-order valence-electron chi connectivity index (χ2n) is 23.1. The molecule has 0 saturated carbocycles. The Kier molecular flexibility index (Phi) is 63.5. The molecule has 446 valence electrons. The van der Waals surface area contributed by atoms with E-state index in [2.05, 4.69) is 55.6 Å². The molecule has 6 nitrogen and oxygen atoms in total. The van der Waals surface area contributed by atoms with Crippen molar-refractivity contribution < 1.29 is 24.5 Å². The monoisotopic (exact) mass is 1070 g/mol. The van der Waals surface area contributed by atoms with Crippen molar-refractivity contribution in [2.45, 2.75) is 373 Å². The number of amides is 1. The molecule has 0 fully saturated rings. The highest BCUT2D eigenvalue weighted by molar-refractivity contribution is 5.76. The molecule has 0 rings (SSSR count). The summed E-state index contributed by atoms with van der Waals surface area (Å²) in [5.41, 5.74) is 0. The van der Waals surface area contributed by atoms with Gasteiger partial charge in [-0.15, -0.1) is 0 Å². The second-order valence-corrected chi connectivity index (χ2v) is 23.1. The fraction of sp³-hybridized carbons (Fsp3) is 0.857. The molecular formula is C70H131NO5. The van der Waals surface area contributed by atoms with Crippen molar-refractivity contribution in [3.8, 4) is 0 Å². The molecule has 0 spiro atoms. The number of hydrogen-bond donors (Lipinski definition) is 3. The molecule has 1 amide bonds. The fourth-order valence-electron chi connectivity index (χ4n) is 10.4. The number of unbranched alkanes of at least 4 members (excludes halogenated alkanes) is 46. The molecule has 0 heterocycles. The second kappa shape index (κ2) is 65.3. The smallest absolute Gasteiger partial charge is 0.305 e. The maximum absolute atomic E-state index is 12.4. The van der Waals surface area contributed by atoms with Gasteiger partial charge in [0.2, 0.25) is 5.91 Å². The molecular weight excluding hydrogens is 935 g/mol. The van der Waals surface area contributed by atoms with E-state index in [0.29, 0.717) is 19.4 Å². The Morgan fingerprint density at radius 1 is 0.368 bits per heavy atom. The molecule has 0 aromatic rings. The SMILES string of the molecule is CCCCCCCCC/C=C\CCCCCCCC(=O)OCCCCCCCCCCC/C=C\C/C=C\CCCCCCCCCCCCCCCCCCCC(=O)NC(CO)C(O)/C=C/CCCCCCCCCC. The Labute approximate surface area is 474 Å². The summed E-state index contributed by atoms with van der Waals surface area (Å²) in [6.07, 6.45) is 84.8. The summed E-state index contributed by atoms with van der Waals surface area (Å²) in [7, 11) is 0. The number of aliphatic hydroxyl groups excluding tert-OH is 2. The first-order valence-electron chi connectivity index (χ1n) is 33.9. The largest absolute Gasteiger partial charge is 0.466 e. The first-order chi connectivity index (χ1) is 37.5. The van der Waals surface area contributed by atoms with E-state index >= 15 is 0 Å². The average Bonchev–Trinajstić information content (AvgIpc) is 3.42. The van der Waals surface area contributed by atoms with Crippen LogP contribution in [0.1, 0.15) is 361 Å². The van der Waals surface area contributed by atoms with E-state index in [9.17, 15) is 19.8 Å². The quantitative estimate of drug-likeness (QED) is 0.0320. The minimum Gasteiger partial charge on any atom is -0.466 e. The van der Waals surface area contributed by atoms with E-state index in [1.807, 2.05) is 6.08 Å². The van der Waals surface area contributed by atoms with Crippen molar-refractivity contribution in [3.05, 3.63) is 48.6 Å². The number of esters is 1. The Balaban J connectivity index is 3.37. The molecule has 6 heteroatoms. The van der Waals surface area contributed by atoms with Crippen molar-refractivity contribution >= 4 is 11.9 Å². The molecule has 0 aliphatic carbocycles. The van der Waals surface area contributed by atoms with Crippen LogP contribution >= 0.6 is 0 Å². The summed E-state index contributed by atoms with van der Waals surface area (Å²) in [5, 5.41) is 23.0. The van der Waals surface area contributed by atoms with Gasteiger partial charge in [0.1, 0.15) is 0 Å². The zero-order chi connectivity index (χ0) is 55.0. The lowest BCUT2D eigenvalue weighted by Gasteiger charge is -2.20. The van der Waals surface area contributed by atoms with Crippen LogP contribution in [-0.4, -0.2) is 47.4 Å². The van der Waals surface area contributed by atoms with Gasteiger partial charge < -0.3 is 20.3 Å². The van der Waals surface area contributed by atoms with Gasteiger partial charge in [-0.3, -0.25) is 9.59 Å². The average molecular weight is 1070 g/mol. The van der Waals surface area contributed by atoms with Crippen LogP contribution in [0.2, 0.25) is 0 Å². The molecule has 2 unspecified atom stereocenters. The number of carbonyl (C=O) groups excluding carboxylic acids is 2. The predicted molar refractivity (Wildman–Crippen MR) is 333 cm³/mol. The topological polar surface area (TPSA) is 95.9 Å². The Bertz CT molecular complexity index is 1270. The van der Waals surface area contributed by atoms with Crippen LogP contribution in [-0.2, 0) is 14.3 Å². The highest BCUT2D eigenvalue weighted by Crippen LogP contribution is 2.17. The van der Waals surface area contributed by atoms with Gasteiger partial charge in [0.05, 0.1) is 25.4 Å². The van der Waals surface area contributed by atoms with E-state index in [1.54, 1.807) is 6.08 Å². The zero-order valence-electron chi connectivity index (χ0n) is 51.0. The lowest BCUT2D eigenvalue weighted by molar-refractivity contribution is -0.143. The van der Waals surface area contributed by atoms with Gasteiger partial charge in [-0.2, -0.15) is 0 Å². The van der Waals surface area contributed by atoms with Crippen molar-refractivity contribution in [2.24, 2.45) is 0 Å². The molecule has 2 atom stereocenters. The van der Waals surface area contributed by atoms with Gasteiger partial charge in [-0.05, 0) is 89.9 Å². The Morgan fingerprint density at radius 2 is 0.658 bits per heavy atom. The molecule has 0 radical (unpaired) electrons. The van der Waals surface area contributed by atoms with Gasteiger partial charge in [0.15, 0.2) is 0 Å². The van der Waals surface area contributed by atoms with Crippen molar-refractivity contribution in [2.75, 3.05) is 13.2 Å². The van der Waals surface area contributed by atoms with Crippen LogP contribution in [0.4, 0.5) is 0 Å². The van der Waals surface area contributed by atoms with E-state index in [4.69, 9.17) is 4.74 Å². The van der Waals surface area contributed by atoms with Crippen LogP contribution in [0.15, 0.2) is 48.6 Å². The number of carbonyl (C=O) groups is 2. The molecule has 0 aromatic heterocycles. The van der Waals surface area contributed by atoms with Gasteiger partial charge >= 0.3 is 5.97 Å². The first kappa shape index (κ1) is 73.8. The molecule has 3 N–H and O–H groups in total. The third kappa shape index (κ3) is 61.0. The van der Waals surface area contributed by atoms with Crippen LogP contribution in [0.3, 0.4) is 0 Å². The third-order valence-electron chi connectivity index (χ3n) is 15.6. The van der Waals surface area contributed by atoms with E-state index in [-0.39, 0.29) is 18.5 Å². The molecule has 0 aliphatic rings. The lowest BCUT2D eigenvalue weighted by atomic mass is 10.0. The molecule has 76 heavy (non-hydrogen) atoms. The first-order valence-corrected chi connectivity index (χ1v) is 33.9. The fourth-order valence-corrected chi connectivity index (χ4v) is 10.4. The summed E-state index contributed by atoms with van der Waals surface area (Å²) in [6.45, 7) is 4.89. The van der Waals surface area contributed by atoms with E-state index in [1.165, 1.54) is 283 Å². The van der Waals surface area contributed by atoms with Crippen molar-refractivity contribution in [1.29, 1.82) is 0 Å². The maximum Gasteiger partial charge on any atom is 0.305 e. The minimum absolute atomic E-state index is 0.00642. The minimum atomic E-state index is -0.842. The lowest BCUT2D eigenvalue weighted by Crippen LogP contribution is -2.45. The van der Waals surface area contributed by atoms with Gasteiger partial charge in [0.25, 0.3) is 0 Å². The highest BCUT2D eigenvalue weighted by atomic mass is 16.5. The van der Waals surface area contributed by atoms with Crippen LogP contribution < -0.4 is 5.32 Å². The van der Waals surface area contributed by atoms with Crippen LogP contribution in [0, 0.1) is 0 Å². The summed E-state index contributed by atoms with van der Waals surface area (Å²) in [4.78, 5) is 24.5. The van der Waals surface area contributed by atoms with E-state index < -0.39 is 12.1 Å². The summed E-state index contributed by atoms with van der Waals surface area (Å²) in [6, 6.07) is -0.625. The molecule has 0 aromatic carbocycles. The molecule has 0 aliphatic heterocycles. The van der Waals surface area contributed by atoms with Crippen molar-refractivity contribution in [1.82, 2.24) is 5.32 Å². The number of aliphatic hydroxyl groups is 2. The van der Waals surface area contributed by atoms with E-state index in [0.717, 1.165) is 51.4 Å². The number of allylic oxidation sites excluding steroid dienone is 7. The van der Waals surface area contributed by atoms with Gasteiger partial charge in [-0.1, -0.05) is 306 Å². The zero-order valence-corrected chi connectivity index (χ0v) is 51.0. The Hall–Kier alpha value is -2.18. The summed E-state index contributed by atoms with van der Waals surface area (Å²) >= 11 is 0. The standard InChI is InChI=1S/C70H131NO5/c1-3-5-7-9-11-13-15-16-17-38-41-44-48-52-56-60-64-70(75)76-65-61-57-53-49-45-42-39-36-34-32-30-28-26-24-22-20-18-19-21-23-25-27-29-31-33-35-37-40-43-47-51-55-59-63-69(74)71-67(66-72)68(73)62-58-54-50-46-14-12-10-8-6-4-2/h17,22,24,28,30,38,58,62,67-68,72-73H,3-16,18-21,23,25-27,29,31-37,39-57,59-61,63-66H2,1-2H3,(H,71,74)/b24-22-,30-28-,38-17-,62-58+. The number of ether oxygens (including phenoxy) is 1.